The summed E-state index contributed by atoms with van der Waals surface area (Å²) in [5.41, 5.74) is 1.16. The van der Waals surface area contributed by atoms with Crippen molar-refractivity contribution in [2.24, 2.45) is 0 Å². The lowest BCUT2D eigenvalue weighted by Crippen LogP contribution is -2.51. The van der Waals surface area contributed by atoms with Gasteiger partial charge in [0.25, 0.3) is 0 Å². The predicted octanol–water partition coefficient (Wildman–Crippen LogP) is 0.170. The molecule has 6 heteroatoms. The smallest absolute Gasteiger partial charge is 0.241 e. The second-order valence-corrected chi connectivity index (χ2v) is 6.17. The third-order valence-electron chi connectivity index (χ3n) is 4.04. The van der Waals surface area contributed by atoms with Crippen LogP contribution in [0.4, 0.5) is 0 Å². The van der Waals surface area contributed by atoms with Gasteiger partial charge < -0.3 is 14.9 Å². The molecule has 1 N–H and O–H groups in total. The van der Waals surface area contributed by atoms with Crippen molar-refractivity contribution in [2.45, 2.75) is 19.1 Å². The monoisotopic (exact) mass is 319 g/mol. The Morgan fingerprint density at radius 1 is 1.30 bits per heavy atom. The zero-order valence-corrected chi connectivity index (χ0v) is 13.8. The molecule has 1 atom stereocenters. The Morgan fingerprint density at radius 2 is 2.00 bits per heavy atom. The summed E-state index contributed by atoms with van der Waals surface area (Å²) >= 11 is 0. The minimum atomic E-state index is -0.731. The summed E-state index contributed by atoms with van der Waals surface area (Å²) in [6.07, 6.45) is -0.679. The molecule has 0 spiro atoms. The van der Waals surface area contributed by atoms with Crippen LogP contribution in [0.2, 0.25) is 0 Å². The van der Waals surface area contributed by atoms with Gasteiger partial charge in [-0.1, -0.05) is 30.3 Å². The molecule has 2 amide bonds. The van der Waals surface area contributed by atoms with E-state index in [1.54, 1.807) is 11.9 Å². The van der Waals surface area contributed by atoms with Crippen molar-refractivity contribution in [1.29, 1.82) is 0 Å². The standard InChI is InChI=1S/C17H25N3O3/c1-18(11-14-6-4-3-5-7-14)12-15(21)10-16(22)20-9-8-19(2)17(23)13-20/h3-7,15,21H,8-13H2,1-2H3. The predicted molar refractivity (Wildman–Crippen MR) is 87.6 cm³/mol. The van der Waals surface area contributed by atoms with Gasteiger partial charge in [-0.05, 0) is 12.6 Å². The molecule has 1 aliphatic heterocycles. The van der Waals surface area contributed by atoms with Gasteiger partial charge in [0, 0.05) is 33.2 Å². The van der Waals surface area contributed by atoms with E-state index in [1.807, 2.05) is 42.3 Å². The Morgan fingerprint density at radius 3 is 2.65 bits per heavy atom. The maximum Gasteiger partial charge on any atom is 0.241 e. The first-order valence-corrected chi connectivity index (χ1v) is 7.88. The largest absolute Gasteiger partial charge is 0.391 e. The third kappa shape index (κ3) is 5.33. The van der Waals surface area contributed by atoms with E-state index in [2.05, 4.69) is 0 Å². The van der Waals surface area contributed by atoms with Crippen molar-refractivity contribution >= 4 is 11.8 Å². The highest BCUT2D eigenvalue weighted by molar-refractivity contribution is 5.86. The minimum absolute atomic E-state index is 0.0517. The van der Waals surface area contributed by atoms with E-state index in [0.717, 1.165) is 12.1 Å². The van der Waals surface area contributed by atoms with Crippen LogP contribution in [-0.4, -0.2) is 78.0 Å². The SMILES string of the molecule is CN(Cc1ccccc1)CC(O)CC(=O)N1CCN(C)C(=O)C1. The van der Waals surface area contributed by atoms with E-state index in [4.69, 9.17) is 0 Å². The first kappa shape index (κ1) is 17.4. The minimum Gasteiger partial charge on any atom is -0.391 e. The summed E-state index contributed by atoms with van der Waals surface area (Å²) < 4.78 is 0. The number of aliphatic hydroxyl groups is 1. The fourth-order valence-corrected chi connectivity index (χ4v) is 2.69. The Bertz CT molecular complexity index is 535. The van der Waals surface area contributed by atoms with Crippen LogP contribution in [0, 0.1) is 0 Å². The highest BCUT2D eigenvalue weighted by atomic mass is 16.3. The molecule has 0 bridgehead atoms. The van der Waals surface area contributed by atoms with Crippen LogP contribution in [0.3, 0.4) is 0 Å². The summed E-state index contributed by atoms with van der Waals surface area (Å²) in [4.78, 5) is 29.0. The fraction of sp³-hybridized carbons (Fsp3) is 0.529. The average molecular weight is 319 g/mol. The highest BCUT2D eigenvalue weighted by Gasteiger charge is 2.26. The molecule has 0 saturated carbocycles. The maximum atomic E-state index is 12.2. The Hall–Kier alpha value is -1.92. The van der Waals surface area contributed by atoms with Crippen LogP contribution in [0.5, 0.6) is 0 Å². The molecule has 23 heavy (non-hydrogen) atoms. The van der Waals surface area contributed by atoms with Crippen LogP contribution in [-0.2, 0) is 16.1 Å². The molecule has 0 aliphatic carbocycles. The molecule has 1 heterocycles. The molecule has 0 radical (unpaired) electrons. The lowest BCUT2D eigenvalue weighted by atomic mass is 10.1. The van der Waals surface area contributed by atoms with Crippen molar-refractivity contribution < 1.29 is 14.7 Å². The molecular formula is C17H25N3O3. The molecule has 6 nitrogen and oxygen atoms in total. The lowest BCUT2D eigenvalue weighted by Gasteiger charge is -2.32. The summed E-state index contributed by atoms with van der Waals surface area (Å²) in [5, 5.41) is 10.1. The Balaban J connectivity index is 1.76. The lowest BCUT2D eigenvalue weighted by molar-refractivity contribution is -0.145. The molecule has 1 saturated heterocycles. The van der Waals surface area contributed by atoms with Crippen molar-refractivity contribution in [3.05, 3.63) is 35.9 Å². The van der Waals surface area contributed by atoms with E-state index in [9.17, 15) is 14.7 Å². The second kappa shape index (κ2) is 8.08. The second-order valence-electron chi connectivity index (χ2n) is 6.17. The van der Waals surface area contributed by atoms with Gasteiger partial charge in [0.1, 0.15) is 0 Å². The number of carbonyl (C=O) groups excluding carboxylic acids is 2. The van der Waals surface area contributed by atoms with Gasteiger partial charge in [-0.3, -0.25) is 14.5 Å². The molecule has 126 valence electrons. The number of carbonyl (C=O) groups is 2. The van der Waals surface area contributed by atoms with Crippen LogP contribution in [0.1, 0.15) is 12.0 Å². The summed E-state index contributed by atoms with van der Waals surface area (Å²) in [6, 6.07) is 9.99. The van der Waals surface area contributed by atoms with Crippen LogP contribution >= 0.6 is 0 Å². The third-order valence-corrected chi connectivity index (χ3v) is 4.04. The molecule has 1 fully saturated rings. The zero-order chi connectivity index (χ0) is 16.8. The molecule has 1 aliphatic rings. The van der Waals surface area contributed by atoms with Crippen molar-refractivity contribution in [1.82, 2.24) is 14.7 Å². The van der Waals surface area contributed by atoms with Crippen molar-refractivity contribution in [3.63, 3.8) is 0 Å². The van der Waals surface area contributed by atoms with Crippen molar-refractivity contribution in [3.8, 4) is 0 Å². The van der Waals surface area contributed by atoms with Crippen LogP contribution in [0.25, 0.3) is 0 Å². The molecule has 2 rings (SSSR count). The summed E-state index contributed by atoms with van der Waals surface area (Å²) in [7, 11) is 3.65. The number of aliphatic hydroxyl groups excluding tert-OH is 1. The number of amides is 2. The molecule has 0 aromatic heterocycles. The van der Waals surface area contributed by atoms with Crippen LogP contribution in [0.15, 0.2) is 30.3 Å². The van der Waals surface area contributed by atoms with E-state index in [0.29, 0.717) is 19.6 Å². The topological polar surface area (TPSA) is 64.1 Å². The number of hydrogen-bond acceptors (Lipinski definition) is 4. The normalized spacial score (nSPS) is 16.8. The van der Waals surface area contributed by atoms with E-state index < -0.39 is 6.10 Å². The fourth-order valence-electron chi connectivity index (χ4n) is 2.69. The molecule has 1 aromatic carbocycles. The number of likely N-dealkylation sites (N-methyl/N-ethyl adjacent to an activating group) is 2. The first-order chi connectivity index (χ1) is 11.0. The van der Waals surface area contributed by atoms with Gasteiger partial charge in [0.05, 0.1) is 19.1 Å². The van der Waals surface area contributed by atoms with Gasteiger partial charge in [0.2, 0.25) is 11.8 Å². The Labute approximate surface area is 137 Å². The van der Waals surface area contributed by atoms with E-state index in [1.165, 1.54) is 4.90 Å². The summed E-state index contributed by atoms with van der Waals surface area (Å²) in [6.45, 7) is 2.34. The number of nitrogens with zero attached hydrogens (tertiary/aromatic N) is 3. The first-order valence-electron chi connectivity index (χ1n) is 7.88. The number of hydrogen-bond donors (Lipinski definition) is 1. The van der Waals surface area contributed by atoms with Gasteiger partial charge >= 0.3 is 0 Å². The highest BCUT2D eigenvalue weighted by Crippen LogP contribution is 2.08. The van der Waals surface area contributed by atoms with Crippen molar-refractivity contribution in [2.75, 3.05) is 40.3 Å². The molecular weight excluding hydrogens is 294 g/mol. The van der Waals surface area contributed by atoms with Gasteiger partial charge in [-0.25, -0.2) is 0 Å². The van der Waals surface area contributed by atoms with Gasteiger partial charge in [0.15, 0.2) is 0 Å². The van der Waals surface area contributed by atoms with E-state index >= 15 is 0 Å². The Kier molecular flexibility index (Phi) is 6.12. The summed E-state index contributed by atoms with van der Waals surface area (Å²) in [5.74, 6) is -0.215. The number of piperazine rings is 1. The van der Waals surface area contributed by atoms with Gasteiger partial charge in [-0.15, -0.1) is 0 Å². The average Bonchev–Trinajstić information content (AvgIpc) is 2.50. The quantitative estimate of drug-likeness (QED) is 0.812. The molecule has 1 aromatic rings. The maximum absolute atomic E-state index is 12.2. The zero-order valence-electron chi connectivity index (χ0n) is 13.8. The van der Waals surface area contributed by atoms with Crippen LogP contribution < -0.4 is 0 Å². The van der Waals surface area contributed by atoms with E-state index in [-0.39, 0.29) is 24.8 Å². The molecule has 1 unspecified atom stereocenters. The van der Waals surface area contributed by atoms with Gasteiger partial charge in [-0.2, -0.15) is 0 Å². The number of rotatable bonds is 6. The number of benzene rings is 1.